The molecule has 0 atom stereocenters. The Balaban J connectivity index is 2.30. The molecule has 0 radical (unpaired) electrons. The number of hydrogen-bond donors (Lipinski definition) is 3. The van der Waals surface area contributed by atoms with Crippen LogP contribution in [0, 0.1) is 6.92 Å². The van der Waals surface area contributed by atoms with Crippen molar-refractivity contribution in [2.24, 2.45) is 10.9 Å². The van der Waals surface area contributed by atoms with Crippen molar-refractivity contribution >= 4 is 11.7 Å². The molecule has 1 saturated carbocycles. The lowest BCUT2D eigenvalue weighted by molar-refractivity contribution is 0.0709. The zero-order chi connectivity index (χ0) is 15.4. The third kappa shape index (κ3) is 3.26. The van der Waals surface area contributed by atoms with Crippen molar-refractivity contribution in [3.05, 3.63) is 29.3 Å². The largest absolute Gasteiger partial charge is 0.507 e. The van der Waals surface area contributed by atoms with E-state index < -0.39 is 0 Å². The van der Waals surface area contributed by atoms with Crippen molar-refractivity contribution in [1.82, 2.24) is 4.90 Å². The predicted octanol–water partition coefficient (Wildman–Crippen LogP) is 1.83. The summed E-state index contributed by atoms with van der Waals surface area (Å²) in [6.07, 6.45) is 3.92. The number of amides is 1. The average Bonchev–Trinajstić information content (AvgIpc) is 3.00. The maximum Gasteiger partial charge on any atom is 0.258 e. The van der Waals surface area contributed by atoms with E-state index in [4.69, 9.17) is 10.9 Å². The molecular weight excluding hydrogens is 270 g/mol. The number of phenolic OH excluding ortho intramolecular Hbond substituents is 1. The van der Waals surface area contributed by atoms with E-state index in [0.717, 1.165) is 25.7 Å². The predicted molar refractivity (Wildman–Crippen MR) is 79.5 cm³/mol. The summed E-state index contributed by atoms with van der Waals surface area (Å²) in [5.74, 6) is -0.304. The molecule has 0 aromatic heterocycles. The highest BCUT2D eigenvalue weighted by molar-refractivity contribution is 5.99. The number of nitrogens with two attached hydrogens (primary N) is 1. The summed E-state index contributed by atoms with van der Waals surface area (Å²) >= 11 is 0. The van der Waals surface area contributed by atoms with Crippen molar-refractivity contribution in [2.75, 3.05) is 6.54 Å². The van der Waals surface area contributed by atoms with Crippen LogP contribution in [-0.2, 0) is 0 Å². The van der Waals surface area contributed by atoms with Crippen LogP contribution in [0.25, 0.3) is 0 Å². The molecule has 0 aliphatic heterocycles. The molecule has 1 aromatic carbocycles. The van der Waals surface area contributed by atoms with Gasteiger partial charge in [0.25, 0.3) is 5.91 Å². The van der Waals surface area contributed by atoms with Gasteiger partial charge in [0.1, 0.15) is 5.75 Å². The average molecular weight is 291 g/mol. The summed E-state index contributed by atoms with van der Waals surface area (Å²) < 4.78 is 0. The number of hydrogen-bond acceptors (Lipinski definition) is 4. The van der Waals surface area contributed by atoms with Gasteiger partial charge in [-0.2, -0.15) is 0 Å². The molecule has 1 amide bonds. The summed E-state index contributed by atoms with van der Waals surface area (Å²) in [7, 11) is 0. The fraction of sp³-hybridized carbons (Fsp3) is 0.467. The van der Waals surface area contributed by atoms with E-state index in [2.05, 4.69) is 5.16 Å². The zero-order valence-corrected chi connectivity index (χ0v) is 12.1. The number of aromatic hydroxyl groups is 1. The summed E-state index contributed by atoms with van der Waals surface area (Å²) in [5.41, 5.74) is 6.48. The van der Waals surface area contributed by atoms with E-state index in [1.165, 1.54) is 0 Å². The van der Waals surface area contributed by atoms with Gasteiger partial charge in [0.15, 0.2) is 5.84 Å². The third-order valence-electron chi connectivity index (χ3n) is 3.96. The fourth-order valence-corrected chi connectivity index (χ4v) is 2.78. The molecule has 0 unspecified atom stereocenters. The first kappa shape index (κ1) is 15.2. The van der Waals surface area contributed by atoms with Gasteiger partial charge in [-0.15, -0.1) is 0 Å². The van der Waals surface area contributed by atoms with Gasteiger partial charge in [-0.05, 0) is 31.4 Å². The van der Waals surface area contributed by atoms with Gasteiger partial charge in [0, 0.05) is 6.04 Å². The van der Waals surface area contributed by atoms with E-state index in [-0.39, 0.29) is 35.6 Å². The Hall–Kier alpha value is -2.24. The lowest BCUT2D eigenvalue weighted by Crippen LogP contribution is -2.44. The van der Waals surface area contributed by atoms with Crippen LogP contribution in [0.2, 0.25) is 0 Å². The molecule has 0 heterocycles. The van der Waals surface area contributed by atoms with Gasteiger partial charge in [-0.25, -0.2) is 0 Å². The highest BCUT2D eigenvalue weighted by atomic mass is 16.4. The second kappa shape index (κ2) is 6.47. The minimum Gasteiger partial charge on any atom is -0.507 e. The second-order valence-electron chi connectivity index (χ2n) is 5.43. The number of oxime groups is 1. The first-order chi connectivity index (χ1) is 10.0. The molecule has 1 aliphatic rings. The number of carbonyl (C=O) groups excluding carboxylic acids is 1. The van der Waals surface area contributed by atoms with Crippen molar-refractivity contribution in [3.8, 4) is 5.75 Å². The number of carbonyl (C=O) groups is 1. The van der Waals surface area contributed by atoms with Crippen LogP contribution in [0.1, 0.15) is 41.6 Å². The summed E-state index contributed by atoms with van der Waals surface area (Å²) in [5, 5.41) is 21.8. The van der Waals surface area contributed by atoms with Gasteiger partial charge in [0.2, 0.25) is 0 Å². The van der Waals surface area contributed by atoms with Crippen LogP contribution in [0.4, 0.5) is 0 Å². The first-order valence-corrected chi connectivity index (χ1v) is 7.10. The maximum atomic E-state index is 12.7. The van der Waals surface area contributed by atoms with Gasteiger partial charge in [0.05, 0.1) is 12.1 Å². The molecule has 114 valence electrons. The summed E-state index contributed by atoms with van der Waals surface area (Å²) in [6.45, 7) is 1.81. The topological polar surface area (TPSA) is 99.2 Å². The minimum absolute atomic E-state index is 0.00925. The van der Waals surface area contributed by atoms with Crippen molar-refractivity contribution < 1.29 is 15.1 Å². The lowest BCUT2D eigenvalue weighted by atomic mass is 10.1. The van der Waals surface area contributed by atoms with Crippen LogP contribution in [0.15, 0.2) is 23.4 Å². The van der Waals surface area contributed by atoms with Gasteiger partial charge in [-0.1, -0.05) is 30.1 Å². The van der Waals surface area contributed by atoms with E-state index in [1.54, 1.807) is 30.0 Å². The molecule has 6 heteroatoms. The Labute approximate surface area is 123 Å². The van der Waals surface area contributed by atoms with E-state index in [1.807, 2.05) is 0 Å². The smallest absolute Gasteiger partial charge is 0.258 e. The molecule has 21 heavy (non-hydrogen) atoms. The van der Waals surface area contributed by atoms with Crippen LogP contribution in [0.5, 0.6) is 5.75 Å². The highest BCUT2D eigenvalue weighted by Gasteiger charge is 2.29. The van der Waals surface area contributed by atoms with Crippen molar-refractivity contribution in [1.29, 1.82) is 0 Å². The lowest BCUT2D eigenvalue weighted by Gasteiger charge is -2.29. The Morgan fingerprint density at radius 3 is 2.71 bits per heavy atom. The number of para-hydroxylation sites is 1. The van der Waals surface area contributed by atoms with Crippen LogP contribution in [-0.4, -0.2) is 39.5 Å². The first-order valence-electron chi connectivity index (χ1n) is 7.10. The highest BCUT2D eigenvalue weighted by Crippen LogP contribution is 2.28. The maximum absolute atomic E-state index is 12.7. The molecule has 2 rings (SSSR count). The summed E-state index contributed by atoms with van der Waals surface area (Å²) in [6, 6.07) is 5.14. The Morgan fingerprint density at radius 2 is 2.10 bits per heavy atom. The molecule has 1 aromatic rings. The second-order valence-corrected chi connectivity index (χ2v) is 5.43. The molecule has 4 N–H and O–H groups in total. The fourth-order valence-electron chi connectivity index (χ4n) is 2.78. The minimum atomic E-state index is -0.283. The van der Waals surface area contributed by atoms with Crippen molar-refractivity contribution in [2.45, 2.75) is 38.6 Å². The molecule has 0 saturated heterocycles. The Morgan fingerprint density at radius 1 is 1.43 bits per heavy atom. The summed E-state index contributed by atoms with van der Waals surface area (Å²) in [4.78, 5) is 14.3. The molecule has 1 fully saturated rings. The normalized spacial score (nSPS) is 16.1. The van der Waals surface area contributed by atoms with E-state index >= 15 is 0 Å². The number of nitrogens with zero attached hydrogens (tertiary/aromatic N) is 2. The van der Waals surface area contributed by atoms with Crippen LogP contribution in [0.3, 0.4) is 0 Å². The standard InChI is InChI=1S/C15H21N3O3/c1-10-5-4-8-12(14(10)19)15(20)18(9-13(16)17-21)11-6-2-3-7-11/h4-5,8,11,19,21H,2-3,6-7,9H2,1H3,(H2,16,17). The van der Waals surface area contributed by atoms with Gasteiger partial charge < -0.3 is 20.9 Å². The number of benzene rings is 1. The molecule has 0 spiro atoms. The van der Waals surface area contributed by atoms with Crippen LogP contribution >= 0.6 is 0 Å². The third-order valence-corrected chi connectivity index (χ3v) is 3.96. The molecule has 6 nitrogen and oxygen atoms in total. The number of amidine groups is 1. The monoisotopic (exact) mass is 291 g/mol. The molecule has 1 aliphatic carbocycles. The van der Waals surface area contributed by atoms with Gasteiger partial charge in [-0.3, -0.25) is 4.79 Å². The molecule has 0 bridgehead atoms. The SMILES string of the molecule is Cc1cccc(C(=O)N(CC(N)=NO)C2CCCC2)c1O. The number of rotatable bonds is 4. The van der Waals surface area contributed by atoms with Crippen molar-refractivity contribution in [3.63, 3.8) is 0 Å². The number of phenols is 1. The van der Waals surface area contributed by atoms with Gasteiger partial charge >= 0.3 is 0 Å². The Bertz CT molecular complexity index is 551. The Kier molecular flexibility index (Phi) is 4.67. The number of aryl methyl sites for hydroxylation is 1. The zero-order valence-electron chi connectivity index (χ0n) is 12.1. The quantitative estimate of drug-likeness (QED) is 0.341. The van der Waals surface area contributed by atoms with Crippen LogP contribution < -0.4 is 5.73 Å². The van der Waals surface area contributed by atoms with E-state index in [0.29, 0.717) is 5.56 Å². The van der Waals surface area contributed by atoms with E-state index in [9.17, 15) is 9.90 Å². The molecular formula is C15H21N3O3.